The Morgan fingerprint density at radius 3 is 2.25 bits per heavy atom. The normalized spacial score (nSPS) is 11.2. The summed E-state index contributed by atoms with van der Waals surface area (Å²) in [7, 11) is 0. The summed E-state index contributed by atoms with van der Waals surface area (Å²) in [6.45, 7) is 6.76. The Hall–Kier alpha value is -4.26. The molecule has 232 valence electrons. The first-order chi connectivity index (χ1) is 21.2. The van der Waals surface area contributed by atoms with E-state index in [1.807, 2.05) is 24.3 Å². The summed E-state index contributed by atoms with van der Waals surface area (Å²) in [5.41, 5.74) is 3.02. The fourth-order valence-electron chi connectivity index (χ4n) is 5.16. The molecular formula is C37H43FN2O4. The van der Waals surface area contributed by atoms with Crippen molar-refractivity contribution < 1.29 is 18.4 Å². The number of carbonyl (C=O) groups excluding carboxylic acids is 2. The van der Waals surface area contributed by atoms with Gasteiger partial charge in [0.25, 0.3) is 5.91 Å². The third-order valence-corrected chi connectivity index (χ3v) is 7.86. The number of benzene rings is 3. The highest BCUT2D eigenvalue weighted by molar-refractivity contribution is 5.96. The van der Waals surface area contributed by atoms with Crippen molar-refractivity contribution >= 4 is 22.8 Å². The van der Waals surface area contributed by atoms with Crippen LogP contribution in [-0.4, -0.2) is 34.7 Å². The number of rotatable bonds is 15. The van der Waals surface area contributed by atoms with Gasteiger partial charge in [-0.05, 0) is 72.7 Å². The summed E-state index contributed by atoms with van der Waals surface area (Å²) in [4.78, 5) is 44.1. The van der Waals surface area contributed by atoms with Crippen LogP contribution in [0, 0.1) is 11.7 Å². The monoisotopic (exact) mass is 598 g/mol. The van der Waals surface area contributed by atoms with Crippen LogP contribution >= 0.6 is 0 Å². The summed E-state index contributed by atoms with van der Waals surface area (Å²) in [6.07, 6.45) is 7.83. The number of aryl methyl sites for hydroxylation is 1. The average molecular weight is 599 g/mol. The van der Waals surface area contributed by atoms with Gasteiger partial charge in [-0.3, -0.25) is 14.4 Å². The molecule has 0 aliphatic heterocycles. The molecule has 0 radical (unpaired) electrons. The maximum atomic E-state index is 13.9. The highest BCUT2D eigenvalue weighted by Gasteiger charge is 2.24. The van der Waals surface area contributed by atoms with Crippen molar-refractivity contribution in [2.45, 2.75) is 72.4 Å². The van der Waals surface area contributed by atoms with Gasteiger partial charge in [0.15, 0.2) is 5.43 Å². The van der Waals surface area contributed by atoms with Crippen LogP contribution in [0.1, 0.15) is 79.9 Å². The maximum absolute atomic E-state index is 13.9. The van der Waals surface area contributed by atoms with Gasteiger partial charge >= 0.3 is 0 Å². The van der Waals surface area contributed by atoms with Crippen molar-refractivity contribution in [1.29, 1.82) is 0 Å². The zero-order valence-electron chi connectivity index (χ0n) is 26.1. The standard InChI is InChI=1S/C37H43FN2O4/c1-4-5-6-7-10-28-13-17-30(18-14-28)37(43)39(22-21-27(2)3)25-35(41)40(23-29-15-19-32(38)20-16-29)24-31-26-44-34-12-9-8-11-33(34)36(31)42/h8-9,11-20,26-27H,4-7,10,21-25H2,1-3H3. The van der Waals surface area contributed by atoms with Crippen molar-refractivity contribution in [2.24, 2.45) is 5.92 Å². The van der Waals surface area contributed by atoms with E-state index in [0.717, 1.165) is 19.3 Å². The molecule has 0 saturated heterocycles. The number of carbonyl (C=O) groups is 2. The summed E-state index contributed by atoms with van der Waals surface area (Å²) in [5, 5.41) is 0.432. The van der Waals surface area contributed by atoms with E-state index < -0.39 is 0 Å². The number of hydrogen-bond donors (Lipinski definition) is 0. The number of nitrogens with zero attached hydrogens (tertiary/aromatic N) is 2. The molecule has 0 unspecified atom stereocenters. The molecule has 6 nitrogen and oxygen atoms in total. The summed E-state index contributed by atoms with van der Waals surface area (Å²) >= 11 is 0. The second kappa shape index (κ2) is 16.0. The molecular weight excluding hydrogens is 555 g/mol. The molecule has 0 N–H and O–H groups in total. The molecule has 1 aromatic heterocycles. The van der Waals surface area contributed by atoms with E-state index in [-0.39, 0.29) is 42.7 Å². The lowest BCUT2D eigenvalue weighted by Crippen LogP contribution is -2.43. The molecule has 0 aliphatic rings. The van der Waals surface area contributed by atoms with E-state index in [1.54, 1.807) is 41.3 Å². The predicted octanol–water partition coefficient (Wildman–Crippen LogP) is 7.77. The molecule has 7 heteroatoms. The molecule has 1 heterocycles. The van der Waals surface area contributed by atoms with Gasteiger partial charge < -0.3 is 14.2 Å². The third kappa shape index (κ3) is 9.12. The van der Waals surface area contributed by atoms with Crippen LogP contribution in [0.5, 0.6) is 0 Å². The highest BCUT2D eigenvalue weighted by atomic mass is 19.1. The van der Waals surface area contributed by atoms with Crippen molar-refractivity contribution in [3.8, 4) is 0 Å². The summed E-state index contributed by atoms with van der Waals surface area (Å²) in [5.74, 6) is -0.558. The third-order valence-electron chi connectivity index (χ3n) is 7.86. The van der Waals surface area contributed by atoms with E-state index in [4.69, 9.17) is 4.42 Å². The Morgan fingerprint density at radius 1 is 0.841 bits per heavy atom. The largest absolute Gasteiger partial charge is 0.464 e. The van der Waals surface area contributed by atoms with E-state index in [0.29, 0.717) is 40.1 Å². The van der Waals surface area contributed by atoms with Crippen LogP contribution < -0.4 is 5.43 Å². The summed E-state index contributed by atoms with van der Waals surface area (Å²) in [6, 6.07) is 20.6. The molecule has 0 fully saturated rings. The molecule has 0 atom stereocenters. The molecule has 4 aromatic rings. The first-order valence-electron chi connectivity index (χ1n) is 15.6. The Labute approximate surface area is 259 Å². The quantitative estimate of drug-likeness (QED) is 0.131. The number of fused-ring (bicyclic) bond motifs is 1. The van der Waals surface area contributed by atoms with Crippen LogP contribution in [0.3, 0.4) is 0 Å². The van der Waals surface area contributed by atoms with Crippen molar-refractivity contribution in [3.63, 3.8) is 0 Å². The smallest absolute Gasteiger partial charge is 0.254 e. The number of halogens is 1. The van der Waals surface area contributed by atoms with Crippen LogP contribution in [-0.2, 0) is 24.3 Å². The highest BCUT2D eigenvalue weighted by Crippen LogP contribution is 2.17. The number of unbranched alkanes of at least 4 members (excludes halogenated alkanes) is 3. The van der Waals surface area contributed by atoms with E-state index in [9.17, 15) is 18.8 Å². The predicted molar refractivity (Wildman–Crippen MR) is 173 cm³/mol. The van der Waals surface area contributed by atoms with Crippen LogP contribution in [0.25, 0.3) is 11.0 Å². The van der Waals surface area contributed by atoms with Gasteiger partial charge in [0.2, 0.25) is 5.91 Å². The van der Waals surface area contributed by atoms with Gasteiger partial charge in [-0.2, -0.15) is 0 Å². The number of hydrogen-bond acceptors (Lipinski definition) is 4. The Kier molecular flexibility index (Phi) is 11.9. The van der Waals surface area contributed by atoms with Gasteiger partial charge in [0, 0.05) is 18.7 Å². The lowest BCUT2D eigenvalue weighted by Gasteiger charge is -2.28. The zero-order valence-corrected chi connectivity index (χ0v) is 26.1. The van der Waals surface area contributed by atoms with Gasteiger partial charge in [-0.25, -0.2) is 4.39 Å². The second-order valence-electron chi connectivity index (χ2n) is 11.9. The number of amides is 2. The SMILES string of the molecule is CCCCCCc1ccc(C(=O)N(CCC(C)C)CC(=O)N(Cc2ccc(F)cc2)Cc2coc3ccccc3c2=O)cc1. The summed E-state index contributed by atoms with van der Waals surface area (Å²) < 4.78 is 19.3. The van der Waals surface area contributed by atoms with E-state index in [2.05, 4.69) is 20.8 Å². The lowest BCUT2D eigenvalue weighted by molar-refractivity contribution is -0.133. The topological polar surface area (TPSA) is 70.8 Å². The Bertz CT molecular complexity index is 1580. The molecule has 0 saturated carbocycles. The molecule has 0 spiro atoms. The average Bonchev–Trinajstić information content (AvgIpc) is 3.03. The first kappa shape index (κ1) is 32.6. The second-order valence-corrected chi connectivity index (χ2v) is 11.9. The minimum Gasteiger partial charge on any atom is -0.464 e. The Morgan fingerprint density at radius 2 is 1.55 bits per heavy atom. The van der Waals surface area contributed by atoms with Crippen molar-refractivity contribution in [1.82, 2.24) is 9.80 Å². The molecule has 0 bridgehead atoms. The van der Waals surface area contributed by atoms with Gasteiger partial charge in [0.1, 0.15) is 17.9 Å². The Balaban J connectivity index is 1.56. The fourth-order valence-corrected chi connectivity index (χ4v) is 5.16. The number of para-hydroxylation sites is 1. The minimum atomic E-state index is -0.376. The van der Waals surface area contributed by atoms with Crippen LogP contribution in [0.15, 0.2) is 88.3 Å². The van der Waals surface area contributed by atoms with Crippen molar-refractivity contribution in [2.75, 3.05) is 13.1 Å². The molecule has 4 rings (SSSR count). The fraction of sp³-hybridized carbons (Fsp3) is 0.378. The van der Waals surface area contributed by atoms with Crippen LogP contribution in [0.4, 0.5) is 4.39 Å². The molecule has 0 aliphatic carbocycles. The first-order valence-corrected chi connectivity index (χ1v) is 15.6. The lowest BCUT2D eigenvalue weighted by atomic mass is 10.0. The zero-order chi connectivity index (χ0) is 31.5. The van der Waals surface area contributed by atoms with E-state index in [1.165, 1.54) is 48.1 Å². The van der Waals surface area contributed by atoms with Crippen molar-refractivity contribution in [3.05, 3.63) is 117 Å². The van der Waals surface area contributed by atoms with E-state index >= 15 is 0 Å². The molecule has 2 amide bonds. The molecule has 44 heavy (non-hydrogen) atoms. The molecule has 3 aromatic carbocycles. The van der Waals surface area contributed by atoms with Gasteiger partial charge in [-0.1, -0.05) is 76.4 Å². The van der Waals surface area contributed by atoms with Gasteiger partial charge in [0.05, 0.1) is 23.8 Å². The van der Waals surface area contributed by atoms with Crippen LogP contribution in [0.2, 0.25) is 0 Å². The maximum Gasteiger partial charge on any atom is 0.254 e. The minimum absolute atomic E-state index is 0.0116. The van der Waals surface area contributed by atoms with Gasteiger partial charge in [-0.15, -0.1) is 0 Å².